The van der Waals surface area contributed by atoms with E-state index in [-0.39, 0.29) is 24.6 Å². The molecule has 0 atom stereocenters. The summed E-state index contributed by atoms with van der Waals surface area (Å²) in [7, 11) is 0. The first-order valence-electron chi connectivity index (χ1n) is 5.02. The molecule has 2 N–H and O–H groups in total. The van der Waals surface area contributed by atoms with E-state index in [1.54, 1.807) is 0 Å². The van der Waals surface area contributed by atoms with Crippen LogP contribution in [-0.2, 0) is 4.74 Å². The highest BCUT2D eigenvalue weighted by atomic mass is 35.5. The maximum Gasteiger partial charge on any atom is 0.407 e. The lowest BCUT2D eigenvalue weighted by atomic mass is 10.1. The Labute approximate surface area is 90.2 Å². The largest absolute Gasteiger partial charge is 0.446 e. The van der Waals surface area contributed by atoms with E-state index in [0.717, 1.165) is 38.8 Å². The van der Waals surface area contributed by atoms with Gasteiger partial charge >= 0.3 is 6.09 Å². The molecule has 1 amide bonds. The second-order valence-electron chi connectivity index (χ2n) is 3.77. The van der Waals surface area contributed by atoms with Crippen LogP contribution in [0.5, 0.6) is 0 Å². The Morgan fingerprint density at radius 2 is 1.86 bits per heavy atom. The number of amides is 1. The molecule has 0 radical (unpaired) electrons. The molecule has 14 heavy (non-hydrogen) atoms. The second-order valence-corrected chi connectivity index (χ2v) is 3.77. The second kappa shape index (κ2) is 5.41. The fourth-order valence-corrected chi connectivity index (χ4v) is 1.49. The smallest absolute Gasteiger partial charge is 0.407 e. The van der Waals surface area contributed by atoms with Crippen LogP contribution in [0.1, 0.15) is 25.7 Å². The third-order valence-electron chi connectivity index (χ3n) is 2.46. The van der Waals surface area contributed by atoms with Gasteiger partial charge in [-0.05, 0) is 38.8 Å². The molecule has 1 heterocycles. The zero-order valence-corrected chi connectivity index (χ0v) is 8.94. The first kappa shape index (κ1) is 11.6. The highest BCUT2D eigenvalue weighted by molar-refractivity contribution is 5.85. The standard InChI is InChI=1S/C9H16N2O2.ClH/c12-9(11-7-1-2-7)13-8-3-5-10-6-4-8;/h7-8,10H,1-6H2,(H,11,12);1H. The SMILES string of the molecule is Cl.O=C(NC1CC1)OC1CCNCC1. The van der Waals surface area contributed by atoms with Crippen molar-refractivity contribution in [3.05, 3.63) is 0 Å². The van der Waals surface area contributed by atoms with Gasteiger partial charge in [-0.3, -0.25) is 0 Å². The van der Waals surface area contributed by atoms with Gasteiger partial charge in [0.15, 0.2) is 0 Å². The molecule has 0 spiro atoms. The molecule has 0 aromatic rings. The topological polar surface area (TPSA) is 50.4 Å². The van der Waals surface area contributed by atoms with Crippen molar-refractivity contribution < 1.29 is 9.53 Å². The van der Waals surface area contributed by atoms with Crippen molar-refractivity contribution in [1.82, 2.24) is 10.6 Å². The van der Waals surface area contributed by atoms with Crippen LogP contribution in [0.2, 0.25) is 0 Å². The molecule has 2 rings (SSSR count). The summed E-state index contributed by atoms with van der Waals surface area (Å²) in [6, 6.07) is 0.397. The van der Waals surface area contributed by atoms with E-state index in [1.807, 2.05) is 0 Å². The number of alkyl carbamates (subject to hydrolysis) is 1. The zero-order valence-electron chi connectivity index (χ0n) is 8.12. The highest BCUT2D eigenvalue weighted by Gasteiger charge is 2.25. The molecule has 2 aliphatic rings. The Balaban J connectivity index is 0.000000980. The lowest BCUT2D eigenvalue weighted by molar-refractivity contribution is 0.0791. The van der Waals surface area contributed by atoms with Crippen molar-refractivity contribution in [2.45, 2.75) is 37.8 Å². The number of ether oxygens (including phenoxy) is 1. The van der Waals surface area contributed by atoms with Crippen LogP contribution in [0.3, 0.4) is 0 Å². The quantitative estimate of drug-likeness (QED) is 0.732. The van der Waals surface area contributed by atoms with Gasteiger partial charge in [0.1, 0.15) is 6.10 Å². The van der Waals surface area contributed by atoms with E-state index in [1.165, 1.54) is 0 Å². The number of piperidine rings is 1. The average Bonchev–Trinajstić information content (AvgIpc) is 2.90. The van der Waals surface area contributed by atoms with Gasteiger partial charge in [0.05, 0.1) is 0 Å². The van der Waals surface area contributed by atoms with Crippen LogP contribution in [-0.4, -0.2) is 31.3 Å². The molecule has 1 saturated carbocycles. The summed E-state index contributed by atoms with van der Waals surface area (Å²) in [6.07, 6.45) is 4.01. The van der Waals surface area contributed by atoms with E-state index in [0.29, 0.717) is 6.04 Å². The summed E-state index contributed by atoms with van der Waals surface area (Å²) in [5.41, 5.74) is 0. The molecule has 2 fully saturated rings. The molecule has 5 heteroatoms. The Morgan fingerprint density at radius 1 is 1.21 bits per heavy atom. The molecule has 1 aliphatic carbocycles. The van der Waals surface area contributed by atoms with E-state index in [2.05, 4.69) is 10.6 Å². The zero-order chi connectivity index (χ0) is 9.10. The summed E-state index contributed by atoms with van der Waals surface area (Å²) < 4.78 is 5.25. The van der Waals surface area contributed by atoms with Crippen molar-refractivity contribution in [1.29, 1.82) is 0 Å². The third-order valence-corrected chi connectivity index (χ3v) is 2.46. The first-order valence-corrected chi connectivity index (χ1v) is 5.02. The highest BCUT2D eigenvalue weighted by Crippen LogP contribution is 2.19. The van der Waals surface area contributed by atoms with E-state index in [4.69, 9.17) is 4.74 Å². The maximum absolute atomic E-state index is 11.2. The Morgan fingerprint density at radius 3 is 2.43 bits per heavy atom. The summed E-state index contributed by atoms with van der Waals surface area (Å²) in [4.78, 5) is 11.2. The van der Waals surface area contributed by atoms with Crippen molar-refractivity contribution in [2.24, 2.45) is 0 Å². The summed E-state index contributed by atoms with van der Waals surface area (Å²) >= 11 is 0. The number of rotatable bonds is 2. The van der Waals surface area contributed by atoms with Crippen molar-refractivity contribution in [2.75, 3.05) is 13.1 Å². The normalized spacial score (nSPS) is 22.3. The predicted octanol–water partition coefficient (Wildman–Crippen LogP) is 1.05. The van der Waals surface area contributed by atoms with Crippen LogP contribution >= 0.6 is 12.4 Å². The van der Waals surface area contributed by atoms with Crippen molar-refractivity contribution in [3.63, 3.8) is 0 Å². The third kappa shape index (κ3) is 3.72. The van der Waals surface area contributed by atoms with E-state index < -0.39 is 0 Å². The van der Waals surface area contributed by atoms with Crippen LogP contribution in [0.15, 0.2) is 0 Å². The Kier molecular flexibility index (Phi) is 4.48. The number of hydrogen-bond acceptors (Lipinski definition) is 3. The van der Waals surface area contributed by atoms with E-state index >= 15 is 0 Å². The first-order chi connectivity index (χ1) is 6.34. The van der Waals surface area contributed by atoms with Crippen molar-refractivity contribution in [3.8, 4) is 0 Å². The minimum Gasteiger partial charge on any atom is -0.446 e. The van der Waals surface area contributed by atoms with Gasteiger partial charge in [0.25, 0.3) is 0 Å². The van der Waals surface area contributed by atoms with Gasteiger partial charge in [-0.2, -0.15) is 0 Å². The van der Waals surface area contributed by atoms with E-state index in [9.17, 15) is 4.79 Å². The minimum absolute atomic E-state index is 0. The van der Waals surface area contributed by atoms with Crippen LogP contribution in [0, 0.1) is 0 Å². The van der Waals surface area contributed by atoms with Gasteiger partial charge < -0.3 is 15.4 Å². The number of carbonyl (C=O) groups is 1. The molecule has 4 nitrogen and oxygen atoms in total. The van der Waals surface area contributed by atoms with Crippen molar-refractivity contribution >= 4 is 18.5 Å². The molecule has 0 unspecified atom stereocenters. The van der Waals surface area contributed by atoms with Gasteiger partial charge in [-0.25, -0.2) is 4.79 Å². The Bertz CT molecular complexity index is 191. The molecule has 0 aromatic carbocycles. The fourth-order valence-electron chi connectivity index (χ4n) is 1.49. The van der Waals surface area contributed by atoms with Gasteiger partial charge in [0.2, 0.25) is 0 Å². The summed E-state index contributed by atoms with van der Waals surface area (Å²) in [6.45, 7) is 1.92. The fraction of sp³-hybridized carbons (Fsp3) is 0.889. The lowest BCUT2D eigenvalue weighted by Gasteiger charge is -2.22. The maximum atomic E-state index is 11.2. The summed E-state index contributed by atoms with van der Waals surface area (Å²) in [5, 5.41) is 6.05. The number of halogens is 1. The number of nitrogens with one attached hydrogen (secondary N) is 2. The lowest BCUT2D eigenvalue weighted by Crippen LogP contribution is -2.37. The molecule has 82 valence electrons. The van der Waals surface area contributed by atoms with Gasteiger partial charge in [0, 0.05) is 6.04 Å². The predicted molar refractivity (Wildman–Crippen MR) is 55.8 cm³/mol. The molecular formula is C9H17ClN2O2. The molecule has 1 aliphatic heterocycles. The molecule has 1 saturated heterocycles. The average molecular weight is 221 g/mol. The Hall–Kier alpha value is -0.480. The van der Waals surface area contributed by atoms with Gasteiger partial charge in [-0.1, -0.05) is 0 Å². The minimum atomic E-state index is -0.227. The number of carbonyl (C=O) groups excluding carboxylic acids is 1. The van der Waals surface area contributed by atoms with Crippen LogP contribution < -0.4 is 10.6 Å². The molecular weight excluding hydrogens is 204 g/mol. The number of hydrogen-bond donors (Lipinski definition) is 2. The van der Waals surface area contributed by atoms with Crippen LogP contribution in [0.4, 0.5) is 4.79 Å². The van der Waals surface area contributed by atoms with Gasteiger partial charge in [-0.15, -0.1) is 12.4 Å². The van der Waals surface area contributed by atoms with Crippen LogP contribution in [0.25, 0.3) is 0 Å². The monoisotopic (exact) mass is 220 g/mol. The molecule has 0 aromatic heterocycles. The molecule has 0 bridgehead atoms. The summed E-state index contributed by atoms with van der Waals surface area (Å²) in [5.74, 6) is 0.